The summed E-state index contributed by atoms with van der Waals surface area (Å²) in [6.45, 7) is 2.33. The van der Waals surface area contributed by atoms with E-state index in [1.165, 1.54) is 63.5 Å². The topological polar surface area (TPSA) is 21.3 Å². The number of hydrogen-bond acceptors (Lipinski definition) is 2. The predicted molar refractivity (Wildman–Crippen MR) is 92.0 cm³/mol. The van der Waals surface area contributed by atoms with Crippen molar-refractivity contribution in [3.8, 4) is 0 Å². The molecule has 0 bridgehead atoms. The summed E-state index contributed by atoms with van der Waals surface area (Å²) in [7, 11) is 0. The molecule has 2 atom stereocenters. The minimum absolute atomic E-state index is 0.318. The van der Waals surface area contributed by atoms with Crippen molar-refractivity contribution >= 4 is 0 Å². The molecule has 0 spiro atoms. The highest BCUT2D eigenvalue weighted by molar-refractivity contribution is 5.17. The van der Waals surface area contributed by atoms with Crippen molar-refractivity contribution in [1.29, 1.82) is 0 Å². The molecule has 0 unspecified atom stereocenters. The standard InChI is InChI=1S/C20H31NO/c1-3-8-17(9-4-1)16-21-15-14-19-12-7-13-20(22-19)18-10-5-2-6-11-18/h2,5-6,10-11,17,19-21H,1,3-4,7-9,12-16H2/t19-,20+/m0/s1. The molecule has 0 aromatic heterocycles. The number of hydrogen-bond donors (Lipinski definition) is 1. The molecule has 1 saturated heterocycles. The second-order valence-electron chi connectivity index (χ2n) is 7.09. The van der Waals surface area contributed by atoms with Gasteiger partial charge in [-0.3, -0.25) is 0 Å². The average Bonchev–Trinajstić information content (AvgIpc) is 2.61. The van der Waals surface area contributed by atoms with Gasteiger partial charge in [0.2, 0.25) is 0 Å². The normalized spacial score (nSPS) is 26.9. The molecule has 2 fully saturated rings. The third kappa shape index (κ3) is 4.82. The highest BCUT2D eigenvalue weighted by Gasteiger charge is 2.23. The van der Waals surface area contributed by atoms with E-state index in [4.69, 9.17) is 4.74 Å². The molecule has 1 aliphatic carbocycles. The van der Waals surface area contributed by atoms with Crippen LogP contribution in [0.4, 0.5) is 0 Å². The van der Waals surface area contributed by atoms with Crippen LogP contribution in [-0.4, -0.2) is 19.2 Å². The van der Waals surface area contributed by atoms with Crippen molar-refractivity contribution in [3.05, 3.63) is 35.9 Å². The Bertz CT molecular complexity index is 413. The summed E-state index contributed by atoms with van der Waals surface area (Å²) >= 11 is 0. The van der Waals surface area contributed by atoms with Gasteiger partial charge in [-0.15, -0.1) is 0 Å². The smallest absolute Gasteiger partial charge is 0.0828 e. The van der Waals surface area contributed by atoms with Crippen LogP contribution < -0.4 is 5.32 Å². The quantitative estimate of drug-likeness (QED) is 0.758. The van der Waals surface area contributed by atoms with Crippen molar-refractivity contribution in [2.75, 3.05) is 13.1 Å². The Morgan fingerprint density at radius 3 is 2.55 bits per heavy atom. The van der Waals surface area contributed by atoms with Crippen molar-refractivity contribution in [2.45, 2.75) is 70.0 Å². The lowest BCUT2D eigenvalue weighted by molar-refractivity contribution is -0.0544. The van der Waals surface area contributed by atoms with E-state index in [9.17, 15) is 0 Å². The highest BCUT2D eigenvalue weighted by atomic mass is 16.5. The third-order valence-corrected chi connectivity index (χ3v) is 5.32. The van der Waals surface area contributed by atoms with E-state index in [0.717, 1.165) is 18.9 Å². The van der Waals surface area contributed by atoms with E-state index in [0.29, 0.717) is 12.2 Å². The summed E-state index contributed by atoms with van der Waals surface area (Å²) in [6, 6.07) is 10.7. The highest BCUT2D eigenvalue weighted by Crippen LogP contribution is 2.32. The Morgan fingerprint density at radius 1 is 0.909 bits per heavy atom. The van der Waals surface area contributed by atoms with Crippen LogP contribution in [-0.2, 0) is 4.74 Å². The summed E-state index contributed by atoms with van der Waals surface area (Å²) in [6.07, 6.45) is 12.8. The van der Waals surface area contributed by atoms with E-state index < -0.39 is 0 Å². The Balaban J connectivity index is 1.35. The lowest BCUT2D eigenvalue weighted by atomic mass is 9.89. The molecule has 2 heteroatoms. The van der Waals surface area contributed by atoms with Gasteiger partial charge in [-0.25, -0.2) is 0 Å². The fourth-order valence-corrected chi connectivity index (χ4v) is 3.99. The van der Waals surface area contributed by atoms with Gasteiger partial charge >= 0.3 is 0 Å². The first-order chi connectivity index (χ1) is 10.9. The molecule has 3 rings (SSSR count). The van der Waals surface area contributed by atoms with Crippen LogP contribution in [0.3, 0.4) is 0 Å². The van der Waals surface area contributed by atoms with Crippen LogP contribution in [0.2, 0.25) is 0 Å². The van der Waals surface area contributed by atoms with E-state index >= 15 is 0 Å². The fraction of sp³-hybridized carbons (Fsp3) is 0.700. The fourth-order valence-electron chi connectivity index (χ4n) is 3.99. The van der Waals surface area contributed by atoms with Gasteiger partial charge in [0.1, 0.15) is 0 Å². The van der Waals surface area contributed by atoms with Gasteiger partial charge in [0.05, 0.1) is 12.2 Å². The largest absolute Gasteiger partial charge is 0.370 e. The zero-order valence-electron chi connectivity index (χ0n) is 13.8. The van der Waals surface area contributed by atoms with Crippen LogP contribution in [0.15, 0.2) is 30.3 Å². The van der Waals surface area contributed by atoms with Crippen LogP contribution >= 0.6 is 0 Å². The maximum atomic E-state index is 6.32. The van der Waals surface area contributed by atoms with E-state index in [1.807, 2.05) is 0 Å². The van der Waals surface area contributed by atoms with Crippen molar-refractivity contribution in [3.63, 3.8) is 0 Å². The second-order valence-corrected chi connectivity index (χ2v) is 7.09. The first-order valence-corrected chi connectivity index (χ1v) is 9.33. The molecule has 1 aliphatic heterocycles. The van der Waals surface area contributed by atoms with Gasteiger partial charge in [-0.2, -0.15) is 0 Å². The predicted octanol–water partition coefficient (Wildman–Crippen LogP) is 4.86. The first-order valence-electron chi connectivity index (χ1n) is 9.33. The lowest BCUT2D eigenvalue weighted by Crippen LogP contribution is -2.30. The Morgan fingerprint density at radius 2 is 1.73 bits per heavy atom. The van der Waals surface area contributed by atoms with Gasteiger partial charge < -0.3 is 10.1 Å². The number of ether oxygens (including phenoxy) is 1. The zero-order valence-corrected chi connectivity index (χ0v) is 13.8. The minimum Gasteiger partial charge on any atom is -0.370 e. The Hall–Kier alpha value is -0.860. The zero-order chi connectivity index (χ0) is 15.0. The van der Waals surface area contributed by atoms with Crippen LogP contribution in [0.25, 0.3) is 0 Å². The second kappa shape index (κ2) is 8.69. The number of nitrogens with one attached hydrogen (secondary N) is 1. The van der Waals surface area contributed by atoms with Crippen LogP contribution in [0.1, 0.15) is 69.5 Å². The maximum Gasteiger partial charge on any atom is 0.0828 e. The van der Waals surface area contributed by atoms with Gasteiger partial charge in [-0.05, 0) is 63.1 Å². The summed E-state index contributed by atoms with van der Waals surface area (Å²) < 4.78 is 6.32. The van der Waals surface area contributed by atoms with Crippen LogP contribution in [0, 0.1) is 5.92 Å². The summed E-state index contributed by atoms with van der Waals surface area (Å²) in [5.41, 5.74) is 1.35. The number of benzene rings is 1. The molecule has 0 amide bonds. The SMILES string of the molecule is c1ccc([C@H]2CCC[C@@H](CCNCC3CCCCC3)O2)cc1. The first kappa shape index (κ1) is 16.0. The lowest BCUT2D eigenvalue weighted by Gasteiger charge is -2.31. The molecule has 2 aliphatic rings. The maximum absolute atomic E-state index is 6.32. The Kier molecular flexibility index (Phi) is 6.32. The van der Waals surface area contributed by atoms with Crippen molar-refractivity contribution in [1.82, 2.24) is 5.32 Å². The van der Waals surface area contributed by atoms with E-state index in [1.54, 1.807) is 0 Å². The van der Waals surface area contributed by atoms with Crippen LogP contribution in [0.5, 0.6) is 0 Å². The molecule has 0 radical (unpaired) electrons. The summed E-state index contributed by atoms with van der Waals surface area (Å²) in [5, 5.41) is 3.68. The van der Waals surface area contributed by atoms with Gasteiger partial charge in [0.15, 0.2) is 0 Å². The van der Waals surface area contributed by atoms with E-state index in [2.05, 4.69) is 35.6 Å². The molecule has 122 valence electrons. The van der Waals surface area contributed by atoms with Crippen molar-refractivity contribution < 1.29 is 4.74 Å². The summed E-state index contributed by atoms with van der Waals surface area (Å²) in [4.78, 5) is 0. The van der Waals surface area contributed by atoms with E-state index in [-0.39, 0.29) is 0 Å². The minimum atomic E-state index is 0.318. The molecule has 2 nitrogen and oxygen atoms in total. The molecular formula is C20H31NO. The van der Waals surface area contributed by atoms with Gasteiger partial charge in [-0.1, -0.05) is 49.6 Å². The molecule has 1 heterocycles. The number of rotatable bonds is 6. The monoisotopic (exact) mass is 301 g/mol. The molecule has 1 saturated carbocycles. The molecule has 22 heavy (non-hydrogen) atoms. The van der Waals surface area contributed by atoms with Crippen molar-refractivity contribution in [2.24, 2.45) is 5.92 Å². The molecule has 1 aromatic carbocycles. The average molecular weight is 301 g/mol. The molecular weight excluding hydrogens is 270 g/mol. The van der Waals surface area contributed by atoms with Gasteiger partial charge in [0, 0.05) is 0 Å². The Labute approximate surface area is 135 Å². The summed E-state index contributed by atoms with van der Waals surface area (Å²) in [5.74, 6) is 0.929. The molecule has 1 N–H and O–H groups in total. The third-order valence-electron chi connectivity index (χ3n) is 5.32. The van der Waals surface area contributed by atoms with Gasteiger partial charge in [0.25, 0.3) is 0 Å². The molecule has 1 aromatic rings.